The number of amides is 4. The van der Waals surface area contributed by atoms with Crippen LogP contribution in [0.1, 0.15) is 84.5 Å². The van der Waals surface area contributed by atoms with Crippen LogP contribution in [0.5, 0.6) is 5.75 Å². The SMILES string of the molecule is CC(C)OC(=O)Nc1nc(-c2cc(O[C@@H]3C[C@H]4C(=O)N[C@]5(C(=O)O)C[C@@H]5/C=C\CCCCC[C@H](NC(=O)OC5CCCC5)C(=O)N4C3)c3cccc(S(C)(=O)=O)c3n2)cs1. The molecule has 3 fully saturated rings. The topological polar surface area (TPSA) is 233 Å². The Balaban J connectivity index is 1.22. The van der Waals surface area contributed by atoms with Crippen molar-refractivity contribution in [1.82, 2.24) is 25.5 Å². The van der Waals surface area contributed by atoms with Crippen LogP contribution < -0.4 is 20.7 Å². The van der Waals surface area contributed by atoms with Crippen molar-refractivity contribution in [2.24, 2.45) is 5.92 Å². The fourth-order valence-electron chi connectivity index (χ4n) is 8.16. The third kappa shape index (κ3) is 9.67. The first kappa shape index (κ1) is 42.8. The first-order chi connectivity index (χ1) is 28.6. The van der Waals surface area contributed by atoms with E-state index in [0.717, 1.165) is 56.1 Å². The van der Waals surface area contributed by atoms with E-state index >= 15 is 0 Å². The molecule has 0 radical (unpaired) electrons. The van der Waals surface area contributed by atoms with Crippen LogP contribution in [0.4, 0.5) is 14.7 Å². The lowest BCUT2D eigenvalue weighted by Gasteiger charge is -2.29. The molecule has 7 rings (SSSR count). The number of carbonyl (C=O) groups is 5. The maximum atomic E-state index is 14.6. The van der Waals surface area contributed by atoms with Crippen molar-refractivity contribution in [2.45, 2.75) is 125 Å². The Hall–Kier alpha value is -5.30. The van der Waals surface area contributed by atoms with Gasteiger partial charge in [0.25, 0.3) is 0 Å². The number of fused-ring (bicyclic) bond motifs is 3. The number of hydrogen-bond acceptors (Lipinski definition) is 13. The third-order valence-electron chi connectivity index (χ3n) is 11.3. The second-order valence-corrected chi connectivity index (χ2v) is 19.0. The molecular weight excluding hydrogens is 817 g/mol. The number of benzene rings is 1. The molecule has 4 heterocycles. The van der Waals surface area contributed by atoms with E-state index in [1.165, 1.54) is 11.0 Å². The number of anilines is 1. The number of aliphatic carboxylic acids is 1. The molecule has 60 heavy (non-hydrogen) atoms. The highest BCUT2D eigenvalue weighted by Crippen LogP contribution is 2.45. The number of thiazole rings is 1. The number of hydrogen-bond donors (Lipinski definition) is 4. The lowest BCUT2D eigenvalue weighted by atomic mass is 10.0. The van der Waals surface area contributed by atoms with Gasteiger partial charge in [-0.15, -0.1) is 11.3 Å². The molecule has 2 saturated carbocycles. The fourth-order valence-corrected chi connectivity index (χ4v) is 9.68. The number of ether oxygens (including phenoxy) is 3. The standard InChI is InChI=1S/C41H50N6O11S2/c1-23(2)56-40(53)45-38-43-30(22-59-38)29-19-32(27-15-11-17-33(34(27)42-29)60(3,54)55)57-26-18-31-35(48)46-41(37(50)51)20-24(41)12-7-5-4-6-8-16-28(36(49)47(31)21-26)44-39(52)58-25-13-9-10-14-25/h7,11-12,15,17,19,22-26,28,31H,4-6,8-10,13-14,16,18,20-21H2,1-3H3,(H,44,52)(H,46,48)(H,50,51)(H,43,45,53)/b12-7-/t24-,26+,28-,31-,41+/m0/s1. The molecule has 322 valence electrons. The van der Waals surface area contributed by atoms with Gasteiger partial charge >= 0.3 is 18.2 Å². The van der Waals surface area contributed by atoms with Crippen LogP contribution in [0.3, 0.4) is 0 Å². The molecule has 19 heteroatoms. The highest BCUT2D eigenvalue weighted by Gasteiger charge is 2.61. The molecule has 0 unspecified atom stereocenters. The van der Waals surface area contributed by atoms with Gasteiger partial charge in [0.15, 0.2) is 15.0 Å². The van der Waals surface area contributed by atoms with Crippen molar-refractivity contribution >= 4 is 67.2 Å². The van der Waals surface area contributed by atoms with Gasteiger partial charge in [0, 0.05) is 35.4 Å². The number of pyridine rings is 1. The molecule has 4 aliphatic rings. The number of sulfone groups is 1. The van der Waals surface area contributed by atoms with Crippen LogP contribution >= 0.6 is 11.3 Å². The second kappa shape index (κ2) is 17.7. The van der Waals surface area contributed by atoms with E-state index in [2.05, 4.69) is 25.9 Å². The van der Waals surface area contributed by atoms with Crippen molar-refractivity contribution in [3.05, 3.63) is 41.8 Å². The monoisotopic (exact) mass is 866 g/mol. The fraction of sp³-hybridized carbons (Fsp3) is 0.537. The zero-order valence-electron chi connectivity index (χ0n) is 33.7. The molecule has 2 aliphatic carbocycles. The molecule has 4 amide bonds. The zero-order valence-corrected chi connectivity index (χ0v) is 35.3. The smallest absolute Gasteiger partial charge is 0.413 e. The van der Waals surface area contributed by atoms with Crippen LogP contribution in [-0.2, 0) is 33.7 Å². The number of aromatic nitrogens is 2. The van der Waals surface area contributed by atoms with Crippen LogP contribution in [0.2, 0.25) is 0 Å². The minimum atomic E-state index is -3.81. The van der Waals surface area contributed by atoms with Crippen molar-refractivity contribution in [3.8, 4) is 17.1 Å². The number of nitrogens with one attached hydrogen (secondary N) is 3. The molecule has 2 aliphatic heterocycles. The van der Waals surface area contributed by atoms with E-state index in [4.69, 9.17) is 14.2 Å². The van der Waals surface area contributed by atoms with Gasteiger partial charge in [-0.05, 0) is 77.3 Å². The summed E-state index contributed by atoms with van der Waals surface area (Å²) in [5.41, 5.74) is -0.918. The second-order valence-electron chi connectivity index (χ2n) is 16.2. The summed E-state index contributed by atoms with van der Waals surface area (Å²) in [4.78, 5) is 77.3. The summed E-state index contributed by atoms with van der Waals surface area (Å²) in [5, 5.41) is 20.6. The molecule has 0 spiro atoms. The van der Waals surface area contributed by atoms with E-state index in [9.17, 15) is 37.5 Å². The lowest BCUT2D eigenvalue weighted by molar-refractivity contribution is -0.145. The minimum absolute atomic E-state index is 0.0549. The van der Waals surface area contributed by atoms with Crippen LogP contribution in [0.25, 0.3) is 22.3 Å². The van der Waals surface area contributed by atoms with Crippen molar-refractivity contribution < 1.29 is 51.7 Å². The average Bonchev–Trinajstić information content (AvgIpc) is 3.61. The van der Waals surface area contributed by atoms with E-state index in [1.807, 2.05) is 12.2 Å². The van der Waals surface area contributed by atoms with Gasteiger partial charge in [0.2, 0.25) is 11.8 Å². The Kier molecular flexibility index (Phi) is 12.7. The van der Waals surface area contributed by atoms with E-state index in [0.29, 0.717) is 23.9 Å². The quantitative estimate of drug-likeness (QED) is 0.193. The van der Waals surface area contributed by atoms with Gasteiger partial charge in [-0.2, -0.15) is 0 Å². The number of nitrogens with zero attached hydrogens (tertiary/aromatic N) is 3. The third-order valence-corrected chi connectivity index (χ3v) is 13.2. The number of para-hydroxylation sites is 1. The van der Waals surface area contributed by atoms with Gasteiger partial charge < -0.3 is 34.9 Å². The van der Waals surface area contributed by atoms with Crippen LogP contribution in [0, 0.1) is 5.92 Å². The van der Waals surface area contributed by atoms with Gasteiger partial charge in [0.05, 0.1) is 28.8 Å². The van der Waals surface area contributed by atoms with Gasteiger partial charge in [-0.1, -0.05) is 31.1 Å². The molecule has 2 aromatic heterocycles. The zero-order chi connectivity index (χ0) is 42.8. The normalized spacial score (nSPS) is 25.6. The number of allylic oxidation sites excluding steroid dienone is 1. The highest BCUT2D eigenvalue weighted by molar-refractivity contribution is 7.91. The van der Waals surface area contributed by atoms with E-state index < -0.39 is 69.5 Å². The predicted octanol–water partition coefficient (Wildman–Crippen LogP) is 5.58. The Morgan fingerprint density at radius 2 is 1.78 bits per heavy atom. The average molecular weight is 867 g/mol. The first-order valence-electron chi connectivity index (χ1n) is 20.3. The number of carbonyl (C=O) groups excluding carboxylic acids is 4. The molecule has 0 bridgehead atoms. The predicted molar refractivity (Wildman–Crippen MR) is 220 cm³/mol. The Morgan fingerprint density at radius 3 is 2.52 bits per heavy atom. The summed E-state index contributed by atoms with van der Waals surface area (Å²) in [6.45, 7) is 3.29. The molecule has 5 atom stereocenters. The van der Waals surface area contributed by atoms with Crippen molar-refractivity contribution in [3.63, 3.8) is 0 Å². The summed E-state index contributed by atoms with van der Waals surface area (Å²) in [6.07, 6.45) is 8.58. The lowest BCUT2D eigenvalue weighted by Crippen LogP contribution is -2.56. The Bertz CT molecular complexity index is 2290. The van der Waals surface area contributed by atoms with Gasteiger partial charge in [0.1, 0.15) is 41.3 Å². The highest BCUT2D eigenvalue weighted by atomic mass is 32.2. The maximum Gasteiger partial charge on any atom is 0.413 e. The minimum Gasteiger partial charge on any atom is -0.488 e. The van der Waals surface area contributed by atoms with Crippen LogP contribution in [-0.4, -0.2) is 107 Å². The van der Waals surface area contributed by atoms with Crippen molar-refractivity contribution in [2.75, 3.05) is 18.1 Å². The molecule has 1 aromatic carbocycles. The summed E-state index contributed by atoms with van der Waals surface area (Å²) in [6, 6.07) is 3.98. The first-order valence-corrected chi connectivity index (χ1v) is 23.1. The molecule has 1 saturated heterocycles. The van der Waals surface area contributed by atoms with Gasteiger partial charge in [-0.3, -0.25) is 14.9 Å². The molecule has 4 N–H and O–H groups in total. The number of carboxylic acid groups (broad SMARTS) is 1. The summed E-state index contributed by atoms with van der Waals surface area (Å²) < 4.78 is 43.5. The molecule has 17 nitrogen and oxygen atoms in total. The maximum absolute atomic E-state index is 14.6. The molecule has 3 aromatic rings. The molecular formula is C41H50N6O11S2. The number of carboxylic acids is 1. The Labute approximate surface area is 351 Å². The summed E-state index contributed by atoms with van der Waals surface area (Å²) in [5.74, 6) is -2.62. The number of rotatable bonds is 9. The van der Waals surface area contributed by atoms with Gasteiger partial charge in [-0.25, -0.2) is 32.8 Å². The summed E-state index contributed by atoms with van der Waals surface area (Å²) >= 11 is 1.10. The van der Waals surface area contributed by atoms with E-state index in [1.54, 1.807) is 37.4 Å². The number of alkyl carbamates (subject to hydrolysis) is 1. The van der Waals surface area contributed by atoms with E-state index in [-0.39, 0.29) is 65.0 Å². The van der Waals surface area contributed by atoms with Crippen LogP contribution in [0.15, 0.2) is 46.7 Å². The Morgan fingerprint density at radius 1 is 1.02 bits per heavy atom. The largest absolute Gasteiger partial charge is 0.488 e. The van der Waals surface area contributed by atoms with Crippen molar-refractivity contribution in [1.29, 1.82) is 0 Å². The summed E-state index contributed by atoms with van der Waals surface area (Å²) in [7, 11) is -3.81.